The summed E-state index contributed by atoms with van der Waals surface area (Å²) < 4.78 is 20.1. The molecule has 0 spiro atoms. The van der Waals surface area contributed by atoms with Crippen LogP contribution in [0.2, 0.25) is 5.02 Å². The molecule has 3 aromatic carbocycles. The van der Waals surface area contributed by atoms with Gasteiger partial charge in [-0.3, -0.25) is 0 Å². The highest BCUT2D eigenvalue weighted by atomic mass is 35.5. The predicted octanol–water partition coefficient (Wildman–Crippen LogP) is 5.64. The molecule has 26 heavy (non-hydrogen) atoms. The standard InChI is InChI=1S/C22H20ClO2P/c1-17(25-20-11-9-10-19(23)16-20)18(2)26(24,21-12-5-3-6-13-21)22-14-7-4-8-15-22/h3-16,18H,1H2,2H3/t18-/m1/s1. The Labute approximate surface area is 159 Å². The molecule has 0 heterocycles. The fraction of sp³-hybridized carbons (Fsp3) is 0.0909. The van der Waals surface area contributed by atoms with Gasteiger partial charge in [-0.2, -0.15) is 0 Å². The van der Waals surface area contributed by atoms with Gasteiger partial charge < -0.3 is 9.30 Å². The minimum absolute atomic E-state index is 0.397. The highest BCUT2D eigenvalue weighted by Gasteiger charge is 2.36. The topological polar surface area (TPSA) is 26.3 Å². The van der Waals surface area contributed by atoms with E-state index in [0.717, 1.165) is 10.6 Å². The van der Waals surface area contributed by atoms with Crippen molar-refractivity contribution in [1.82, 2.24) is 0 Å². The van der Waals surface area contributed by atoms with Crippen LogP contribution in [0.25, 0.3) is 0 Å². The van der Waals surface area contributed by atoms with Gasteiger partial charge in [0.25, 0.3) is 0 Å². The number of ether oxygens (including phenoxy) is 1. The van der Waals surface area contributed by atoms with Crippen LogP contribution in [0.4, 0.5) is 0 Å². The normalized spacial score (nSPS) is 12.4. The molecular formula is C22H20ClO2P. The Morgan fingerprint density at radius 3 is 1.96 bits per heavy atom. The molecule has 0 amide bonds. The van der Waals surface area contributed by atoms with Crippen molar-refractivity contribution in [3.63, 3.8) is 0 Å². The van der Waals surface area contributed by atoms with Crippen LogP contribution in [0.1, 0.15) is 6.92 Å². The average Bonchev–Trinajstić information content (AvgIpc) is 2.68. The number of hydrogen-bond acceptors (Lipinski definition) is 2. The SMILES string of the molecule is C=C(Oc1cccc(Cl)c1)[C@@H](C)P(=O)(c1ccccc1)c1ccccc1. The summed E-state index contributed by atoms with van der Waals surface area (Å²) in [5, 5.41) is 2.15. The second kappa shape index (κ2) is 7.95. The number of rotatable bonds is 6. The van der Waals surface area contributed by atoms with Gasteiger partial charge in [-0.25, -0.2) is 0 Å². The lowest BCUT2D eigenvalue weighted by Crippen LogP contribution is -2.26. The summed E-state index contributed by atoms with van der Waals surface area (Å²) in [7, 11) is -2.98. The number of benzene rings is 3. The minimum Gasteiger partial charge on any atom is -0.462 e. The molecule has 0 bridgehead atoms. The van der Waals surface area contributed by atoms with Gasteiger partial charge in [-0.05, 0) is 25.1 Å². The van der Waals surface area contributed by atoms with Crippen molar-refractivity contribution in [2.75, 3.05) is 0 Å². The second-order valence-corrected chi connectivity index (χ2v) is 9.59. The van der Waals surface area contributed by atoms with Crippen molar-refractivity contribution in [3.8, 4) is 5.75 Å². The Kier molecular flexibility index (Phi) is 5.66. The van der Waals surface area contributed by atoms with Gasteiger partial charge in [0.15, 0.2) is 7.14 Å². The first-order chi connectivity index (χ1) is 12.5. The highest BCUT2D eigenvalue weighted by Crippen LogP contribution is 2.51. The quantitative estimate of drug-likeness (QED) is 0.407. The van der Waals surface area contributed by atoms with E-state index in [2.05, 4.69) is 6.58 Å². The first-order valence-electron chi connectivity index (χ1n) is 8.35. The monoisotopic (exact) mass is 382 g/mol. The van der Waals surface area contributed by atoms with Gasteiger partial charge in [-0.1, -0.05) is 84.9 Å². The van der Waals surface area contributed by atoms with Crippen LogP contribution in [0.15, 0.2) is 97.3 Å². The zero-order valence-electron chi connectivity index (χ0n) is 14.5. The van der Waals surface area contributed by atoms with Crippen molar-refractivity contribution < 1.29 is 9.30 Å². The van der Waals surface area contributed by atoms with E-state index < -0.39 is 12.8 Å². The molecule has 0 saturated carbocycles. The fourth-order valence-electron chi connectivity index (χ4n) is 2.87. The summed E-state index contributed by atoms with van der Waals surface area (Å²) in [6.07, 6.45) is 0. The molecular weight excluding hydrogens is 363 g/mol. The van der Waals surface area contributed by atoms with E-state index in [1.807, 2.05) is 73.7 Å². The Bertz CT molecular complexity index is 895. The smallest absolute Gasteiger partial charge is 0.153 e. The molecule has 132 valence electrons. The number of hydrogen-bond donors (Lipinski definition) is 0. The first kappa shape index (κ1) is 18.5. The Balaban J connectivity index is 1.99. The molecule has 3 aromatic rings. The lowest BCUT2D eigenvalue weighted by atomic mass is 10.3. The zero-order valence-corrected chi connectivity index (χ0v) is 16.2. The van der Waals surface area contributed by atoms with Crippen molar-refractivity contribution in [1.29, 1.82) is 0 Å². The molecule has 0 N–H and O–H groups in total. The van der Waals surface area contributed by atoms with Gasteiger partial charge in [0, 0.05) is 15.6 Å². The third-order valence-electron chi connectivity index (χ3n) is 4.34. The van der Waals surface area contributed by atoms with Crippen LogP contribution < -0.4 is 15.3 Å². The van der Waals surface area contributed by atoms with Crippen molar-refractivity contribution in [2.24, 2.45) is 0 Å². The largest absolute Gasteiger partial charge is 0.462 e. The molecule has 0 fully saturated rings. The summed E-state index contributed by atoms with van der Waals surface area (Å²) in [5.41, 5.74) is -0.397. The molecule has 0 aliphatic heterocycles. The van der Waals surface area contributed by atoms with Crippen molar-refractivity contribution >= 4 is 29.4 Å². The van der Waals surface area contributed by atoms with E-state index in [1.165, 1.54) is 0 Å². The lowest BCUT2D eigenvalue weighted by molar-refractivity contribution is 0.411. The summed E-state index contributed by atoms with van der Waals surface area (Å²) in [6.45, 7) is 5.96. The van der Waals surface area contributed by atoms with Gasteiger partial charge in [0.05, 0.1) is 5.66 Å². The molecule has 2 nitrogen and oxygen atoms in total. The predicted molar refractivity (Wildman–Crippen MR) is 110 cm³/mol. The zero-order chi connectivity index (χ0) is 18.6. The van der Waals surface area contributed by atoms with Crippen LogP contribution in [0, 0.1) is 0 Å². The molecule has 0 aliphatic rings. The molecule has 0 aliphatic carbocycles. The fourth-order valence-corrected chi connectivity index (χ4v) is 5.93. The Hall–Kier alpha value is -2.28. The van der Waals surface area contributed by atoms with Gasteiger partial charge in [-0.15, -0.1) is 0 Å². The van der Waals surface area contributed by atoms with Crippen molar-refractivity contribution in [2.45, 2.75) is 12.6 Å². The average molecular weight is 383 g/mol. The third-order valence-corrected chi connectivity index (χ3v) is 8.08. The van der Waals surface area contributed by atoms with E-state index >= 15 is 0 Å². The summed E-state index contributed by atoms with van der Waals surface area (Å²) in [6, 6.07) is 26.1. The number of allylic oxidation sites excluding steroid dienone is 1. The summed E-state index contributed by atoms with van der Waals surface area (Å²) in [5.74, 6) is 1.03. The van der Waals surface area contributed by atoms with Crippen LogP contribution in [-0.4, -0.2) is 5.66 Å². The van der Waals surface area contributed by atoms with E-state index in [4.69, 9.17) is 16.3 Å². The summed E-state index contributed by atoms with van der Waals surface area (Å²) in [4.78, 5) is 0. The van der Waals surface area contributed by atoms with Crippen LogP contribution >= 0.6 is 18.7 Å². The van der Waals surface area contributed by atoms with E-state index in [9.17, 15) is 4.57 Å². The van der Waals surface area contributed by atoms with Crippen LogP contribution in [-0.2, 0) is 4.57 Å². The first-order valence-corrected chi connectivity index (χ1v) is 10.5. The molecule has 0 saturated heterocycles. The summed E-state index contributed by atoms with van der Waals surface area (Å²) >= 11 is 6.03. The van der Waals surface area contributed by atoms with Gasteiger partial charge >= 0.3 is 0 Å². The maximum Gasteiger partial charge on any atom is 0.153 e. The van der Waals surface area contributed by atoms with E-state index in [-0.39, 0.29) is 0 Å². The molecule has 1 atom stereocenters. The second-order valence-electron chi connectivity index (χ2n) is 6.03. The lowest BCUT2D eigenvalue weighted by Gasteiger charge is -2.27. The highest BCUT2D eigenvalue weighted by molar-refractivity contribution is 7.79. The Morgan fingerprint density at radius 2 is 1.46 bits per heavy atom. The van der Waals surface area contributed by atoms with Crippen LogP contribution in [0.5, 0.6) is 5.75 Å². The van der Waals surface area contributed by atoms with E-state index in [1.54, 1.807) is 18.2 Å². The van der Waals surface area contributed by atoms with Gasteiger partial charge in [0.2, 0.25) is 0 Å². The van der Waals surface area contributed by atoms with E-state index in [0.29, 0.717) is 16.5 Å². The maximum atomic E-state index is 14.2. The maximum absolute atomic E-state index is 14.2. The van der Waals surface area contributed by atoms with Gasteiger partial charge in [0.1, 0.15) is 11.5 Å². The molecule has 0 aromatic heterocycles. The molecule has 0 unspecified atom stereocenters. The number of halogens is 1. The van der Waals surface area contributed by atoms with Crippen LogP contribution in [0.3, 0.4) is 0 Å². The molecule has 4 heteroatoms. The Morgan fingerprint density at radius 1 is 0.923 bits per heavy atom. The third kappa shape index (κ3) is 3.77. The minimum atomic E-state index is -2.98. The van der Waals surface area contributed by atoms with Crippen molar-refractivity contribution in [3.05, 3.63) is 102 Å². The molecule has 0 radical (unpaired) electrons. The molecule has 3 rings (SSSR count).